The number of sulfonamides is 1. The number of carbonyl (C=O) groups is 1. The predicted octanol–water partition coefficient (Wildman–Crippen LogP) is 3.42. The summed E-state index contributed by atoms with van der Waals surface area (Å²) in [5.41, 5.74) is 0.322. The van der Waals surface area contributed by atoms with E-state index >= 15 is 0 Å². The Hall–Kier alpha value is -2.51. The molecule has 0 spiro atoms. The third-order valence-corrected chi connectivity index (χ3v) is 7.41. The van der Waals surface area contributed by atoms with Crippen LogP contribution in [0.5, 0.6) is 11.5 Å². The summed E-state index contributed by atoms with van der Waals surface area (Å²) < 4.78 is 38.2. The van der Waals surface area contributed by atoms with Crippen LogP contribution in [0.2, 0.25) is 10.0 Å². The van der Waals surface area contributed by atoms with Crippen molar-refractivity contribution in [1.29, 1.82) is 5.26 Å². The molecule has 2 aromatic rings. The van der Waals surface area contributed by atoms with E-state index < -0.39 is 28.0 Å². The molecule has 1 N–H and O–H groups in total. The van der Waals surface area contributed by atoms with E-state index in [0.717, 1.165) is 4.31 Å². The first kappa shape index (κ1) is 23.2. The van der Waals surface area contributed by atoms with Gasteiger partial charge in [-0.15, -0.1) is 0 Å². The molecule has 0 radical (unpaired) electrons. The first-order chi connectivity index (χ1) is 14.7. The Morgan fingerprint density at radius 3 is 2.61 bits per heavy atom. The molecular formula is C20H18Cl2N2O6S. The third kappa shape index (κ3) is 4.72. The van der Waals surface area contributed by atoms with Crippen LogP contribution in [0.25, 0.3) is 0 Å². The molecule has 1 saturated heterocycles. The minimum absolute atomic E-state index is 0.0561. The lowest BCUT2D eigenvalue weighted by atomic mass is 9.92. The van der Waals surface area contributed by atoms with Gasteiger partial charge in [-0.25, -0.2) is 8.42 Å². The maximum Gasteiger partial charge on any atom is 0.309 e. The highest BCUT2D eigenvalue weighted by Crippen LogP contribution is 2.36. The zero-order valence-electron chi connectivity index (χ0n) is 16.3. The summed E-state index contributed by atoms with van der Waals surface area (Å²) in [6.45, 7) is 1.70. The molecule has 31 heavy (non-hydrogen) atoms. The molecule has 164 valence electrons. The molecule has 0 saturated carbocycles. The highest BCUT2D eigenvalue weighted by atomic mass is 35.5. The zero-order valence-corrected chi connectivity index (χ0v) is 18.6. The minimum Gasteiger partial charge on any atom is -0.492 e. The summed E-state index contributed by atoms with van der Waals surface area (Å²) >= 11 is 11.9. The molecule has 1 heterocycles. The molecule has 1 aliphatic rings. The lowest BCUT2D eigenvalue weighted by Gasteiger charge is -2.44. The lowest BCUT2D eigenvalue weighted by Crippen LogP contribution is -2.63. The molecule has 0 amide bonds. The van der Waals surface area contributed by atoms with Crippen molar-refractivity contribution in [3.05, 3.63) is 52.0 Å². The number of halogens is 2. The van der Waals surface area contributed by atoms with Gasteiger partial charge < -0.3 is 14.6 Å². The van der Waals surface area contributed by atoms with E-state index in [1.807, 2.05) is 6.07 Å². The topological polar surface area (TPSA) is 117 Å². The minimum atomic E-state index is -4.07. The van der Waals surface area contributed by atoms with Gasteiger partial charge in [0.15, 0.2) is 0 Å². The number of carboxylic acids is 1. The van der Waals surface area contributed by atoms with Crippen molar-refractivity contribution < 1.29 is 27.8 Å². The van der Waals surface area contributed by atoms with Crippen molar-refractivity contribution in [2.24, 2.45) is 5.92 Å². The largest absolute Gasteiger partial charge is 0.492 e. The molecule has 2 unspecified atom stereocenters. The Bertz CT molecular complexity index is 1150. The second-order valence-electron chi connectivity index (χ2n) is 6.68. The SMILES string of the molecule is CCOc1cc(OCC2C(C(=O)O)CN2S(=O)(=O)c2ccc(Cl)cc2Cl)ccc1C#N. The van der Waals surface area contributed by atoms with Crippen molar-refractivity contribution in [2.75, 3.05) is 19.8 Å². The van der Waals surface area contributed by atoms with Crippen LogP contribution in [0.3, 0.4) is 0 Å². The van der Waals surface area contributed by atoms with E-state index in [0.29, 0.717) is 23.7 Å². The van der Waals surface area contributed by atoms with Gasteiger partial charge in [0.2, 0.25) is 10.0 Å². The van der Waals surface area contributed by atoms with Gasteiger partial charge >= 0.3 is 5.97 Å². The Morgan fingerprint density at radius 2 is 2.00 bits per heavy atom. The fourth-order valence-corrected chi connectivity index (χ4v) is 5.60. The van der Waals surface area contributed by atoms with Crippen LogP contribution in [0, 0.1) is 17.2 Å². The van der Waals surface area contributed by atoms with Gasteiger partial charge in [-0.2, -0.15) is 9.57 Å². The van der Waals surface area contributed by atoms with E-state index in [4.69, 9.17) is 37.9 Å². The molecule has 0 aliphatic carbocycles. The number of nitrogens with zero attached hydrogens (tertiary/aromatic N) is 2. The van der Waals surface area contributed by atoms with Crippen LogP contribution >= 0.6 is 23.2 Å². The third-order valence-electron chi connectivity index (χ3n) is 4.80. The molecule has 1 aliphatic heterocycles. The van der Waals surface area contributed by atoms with Crippen LogP contribution in [-0.2, 0) is 14.8 Å². The van der Waals surface area contributed by atoms with Gasteiger partial charge in [0, 0.05) is 17.6 Å². The van der Waals surface area contributed by atoms with Crippen molar-refractivity contribution in [1.82, 2.24) is 4.31 Å². The number of rotatable bonds is 8. The average molecular weight is 485 g/mol. The van der Waals surface area contributed by atoms with Crippen molar-refractivity contribution in [2.45, 2.75) is 17.9 Å². The smallest absolute Gasteiger partial charge is 0.309 e. The van der Waals surface area contributed by atoms with Crippen LogP contribution in [-0.4, -0.2) is 49.6 Å². The number of hydrogen-bond donors (Lipinski definition) is 1. The maximum atomic E-state index is 13.1. The van der Waals surface area contributed by atoms with Crippen molar-refractivity contribution >= 4 is 39.2 Å². The molecular weight excluding hydrogens is 467 g/mol. The first-order valence-electron chi connectivity index (χ1n) is 9.18. The normalized spacial score (nSPS) is 18.6. The first-order valence-corrected chi connectivity index (χ1v) is 11.4. The summed E-state index contributed by atoms with van der Waals surface area (Å²) in [4.78, 5) is 11.4. The van der Waals surface area contributed by atoms with Crippen molar-refractivity contribution in [3.63, 3.8) is 0 Å². The standard InChI is InChI=1S/C20H18Cl2N2O6S/c1-2-29-18-8-14(5-3-12(18)9-23)30-11-17-15(20(25)26)10-24(17)31(27,28)19-6-4-13(21)7-16(19)22/h3-8,15,17H,2,10-11H2,1H3,(H,25,26). The fraction of sp³-hybridized carbons (Fsp3) is 0.300. The summed E-state index contributed by atoms with van der Waals surface area (Å²) in [6.07, 6.45) is 0. The van der Waals surface area contributed by atoms with Crippen LogP contribution in [0.1, 0.15) is 12.5 Å². The lowest BCUT2D eigenvalue weighted by molar-refractivity contribution is -0.149. The number of ether oxygens (including phenoxy) is 2. The van der Waals surface area contributed by atoms with Gasteiger partial charge in [-0.1, -0.05) is 23.2 Å². The maximum absolute atomic E-state index is 13.1. The van der Waals surface area contributed by atoms with Crippen LogP contribution in [0.4, 0.5) is 0 Å². The van der Waals surface area contributed by atoms with E-state index in [2.05, 4.69) is 0 Å². The van der Waals surface area contributed by atoms with Crippen LogP contribution < -0.4 is 9.47 Å². The summed E-state index contributed by atoms with van der Waals surface area (Å²) in [6, 6.07) is 9.59. The number of hydrogen-bond acceptors (Lipinski definition) is 6. The van der Waals surface area contributed by atoms with Gasteiger partial charge in [0.1, 0.15) is 29.1 Å². The quantitative estimate of drug-likeness (QED) is 0.609. The number of aliphatic carboxylic acids is 1. The van der Waals surface area contributed by atoms with E-state index in [1.165, 1.54) is 36.4 Å². The fourth-order valence-electron chi connectivity index (χ4n) is 3.18. The molecule has 3 rings (SSSR count). The molecule has 0 aromatic heterocycles. The zero-order chi connectivity index (χ0) is 22.8. The Morgan fingerprint density at radius 1 is 1.26 bits per heavy atom. The van der Waals surface area contributed by atoms with Gasteiger partial charge in [-0.3, -0.25) is 4.79 Å². The summed E-state index contributed by atoms with van der Waals surface area (Å²) in [5, 5.41) is 18.8. The number of carboxylic acid groups (broad SMARTS) is 1. The average Bonchev–Trinajstić information content (AvgIpc) is 2.67. The second kappa shape index (κ2) is 9.32. The molecule has 2 atom stereocenters. The molecule has 0 bridgehead atoms. The van der Waals surface area contributed by atoms with Gasteiger partial charge in [-0.05, 0) is 37.3 Å². The molecule has 8 nitrogen and oxygen atoms in total. The predicted molar refractivity (Wildman–Crippen MR) is 113 cm³/mol. The highest BCUT2D eigenvalue weighted by molar-refractivity contribution is 7.89. The molecule has 2 aromatic carbocycles. The highest BCUT2D eigenvalue weighted by Gasteiger charge is 2.50. The van der Waals surface area contributed by atoms with Crippen LogP contribution in [0.15, 0.2) is 41.3 Å². The molecule has 1 fully saturated rings. The van der Waals surface area contributed by atoms with E-state index in [1.54, 1.807) is 6.92 Å². The van der Waals surface area contributed by atoms with E-state index in [9.17, 15) is 18.3 Å². The Balaban J connectivity index is 1.83. The summed E-state index contributed by atoms with van der Waals surface area (Å²) in [7, 11) is -4.07. The number of benzene rings is 2. The van der Waals surface area contributed by atoms with Gasteiger partial charge in [0.25, 0.3) is 0 Å². The van der Waals surface area contributed by atoms with Gasteiger partial charge in [0.05, 0.1) is 29.2 Å². The van der Waals surface area contributed by atoms with Crippen molar-refractivity contribution in [3.8, 4) is 17.6 Å². The Labute approximate surface area is 189 Å². The molecule has 11 heteroatoms. The monoisotopic (exact) mass is 484 g/mol. The van der Waals surface area contributed by atoms with E-state index in [-0.39, 0.29) is 28.1 Å². The number of nitriles is 1. The Kier molecular flexibility index (Phi) is 6.96. The summed E-state index contributed by atoms with van der Waals surface area (Å²) in [5.74, 6) is -1.42. The second-order valence-corrected chi connectivity index (χ2v) is 9.38.